The highest BCUT2D eigenvalue weighted by Crippen LogP contribution is 2.23. The molecule has 4 aromatic carbocycles. The van der Waals surface area contributed by atoms with Crippen molar-refractivity contribution in [3.05, 3.63) is 106 Å². The van der Waals surface area contributed by atoms with Gasteiger partial charge in [0, 0.05) is 17.1 Å². The largest absolute Gasteiger partial charge is 0.494 e. The highest BCUT2D eigenvalue weighted by molar-refractivity contribution is 6.30. The van der Waals surface area contributed by atoms with Gasteiger partial charge < -0.3 is 4.74 Å². The van der Waals surface area contributed by atoms with Crippen molar-refractivity contribution in [2.24, 2.45) is 0 Å². The van der Waals surface area contributed by atoms with Crippen LogP contribution in [0, 0.1) is 0 Å². The standard InChI is InChI=1S/C27H21ClN2O2/c28-22-13-10-20(11-14-22)26-29-25-9-4-3-8-24(25)27(31)30(26)16-5-17-32-23-15-12-19-6-1-2-7-21(19)18-23/h1-4,6-15,18H,5,16-17H2. The lowest BCUT2D eigenvalue weighted by atomic mass is 10.1. The first-order chi connectivity index (χ1) is 15.7. The maximum atomic E-state index is 13.3. The molecule has 5 heteroatoms. The smallest absolute Gasteiger partial charge is 0.261 e. The summed E-state index contributed by atoms with van der Waals surface area (Å²) in [5.41, 5.74) is 1.49. The van der Waals surface area contributed by atoms with E-state index in [1.807, 2.05) is 72.8 Å². The van der Waals surface area contributed by atoms with Gasteiger partial charge in [0.15, 0.2) is 0 Å². The molecule has 1 aromatic heterocycles. The number of nitrogens with zero attached hydrogens (tertiary/aromatic N) is 2. The molecule has 0 aliphatic rings. The number of halogens is 1. The lowest BCUT2D eigenvalue weighted by Gasteiger charge is -2.14. The van der Waals surface area contributed by atoms with Gasteiger partial charge in [0.1, 0.15) is 11.6 Å². The fourth-order valence-electron chi connectivity index (χ4n) is 3.86. The molecule has 1 heterocycles. The minimum atomic E-state index is -0.0498. The van der Waals surface area contributed by atoms with E-state index in [-0.39, 0.29) is 5.56 Å². The summed E-state index contributed by atoms with van der Waals surface area (Å²) in [6.07, 6.45) is 0.674. The van der Waals surface area contributed by atoms with Crippen LogP contribution in [0.5, 0.6) is 5.75 Å². The first-order valence-electron chi connectivity index (χ1n) is 10.6. The molecule has 0 N–H and O–H groups in total. The zero-order valence-electron chi connectivity index (χ0n) is 17.4. The topological polar surface area (TPSA) is 44.1 Å². The van der Waals surface area contributed by atoms with Crippen LogP contribution < -0.4 is 10.3 Å². The Kier molecular flexibility index (Phi) is 5.61. The van der Waals surface area contributed by atoms with Crippen LogP contribution in [-0.2, 0) is 6.54 Å². The van der Waals surface area contributed by atoms with E-state index in [0.29, 0.717) is 41.3 Å². The van der Waals surface area contributed by atoms with Gasteiger partial charge in [0.05, 0.1) is 17.5 Å². The first kappa shape index (κ1) is 20.3. The molecule has 0 radical (unpaired) electrons. The van der Waals surface area contributed by atoms with Gasteiger partial charge in [-0.1, -0.05) is 54.1 Å². The highest BCUT2D eigenvalue weighted by Gasteiger charge is 2.12. The van der Waals surface area contributed by atoms with Crippen LogP contribution in [0.4, 0.5) is 0 Å². The van der Waals surface area contributed by atoms with Gasteiger partial charge in [0.2, 0.25) is 0 Å². The van der Waals surface area contributed by atoms with Crippen molar-refractivity contribution in [1.82, 2.24) is 9.55 Å². The van der Waals surface area contributed by atoms with Gasteiger partial charge in [-0.05, 0) is 65.7 Å². The molecule has 0 spiro atoms. The van der Waals surface area contributed by atoms with E-state index in [2.05, 4.69) is 18.2 Å². The maximum absolute atomic E-state index is 13.3. The average Bonchev–Trinajstić information content (AvgIpc) is 2.83. The third-order valence-corrected chi connectivity index (χ3v) is 5.73. The third-order valence-electron chi connectivity index (χ3n) is 5.48. The number of rotatable bonds is 6. The number of ether oxygens (including phenoxy) is 1. The van der Waals surface area contributed by atoms with Crippen molar-refractivity contribution in [3.63, 3.8) is 0 Å². The molecule has 0 amide bonds. The zero-order valence-corrected chi connectivity index (χ0v) is 18.1. The number of hydrogen-bond acceptors (Lipinski definition) is 3. The van der Waals surface area contributed by atoms with Gasteiger partial charge in [-0.2, -0.15) is 0 Å². The molecule has 0 atom stereocenters. The molecule has 0 saturated heterocycles. The lowest BCUT2D eigenvalue weighted by molar-refractivity contribution is 0.301. The Balaban J connectivity index is 1.39. The van der Waals surface area contributed by atoms with E-state index >= 15 is 0 Å². The van der Waals surface area contributed by atoms with Gasteiger partial charge in [-0.25, -0.2) is 4.98 Å². The Hall–Kier alpha value is -3.63. The first-order valence-corrected chi connectivity index (χ1v) is 10.9. The fourth-order valence-corrected chi connectivity index (χ4v) is 3.99. The average molecular weight is 441 g/mol. The molecule has 5 aromatic rings. The lowest BCUT2D eigenvalue weighted by Crippen LogP contribution is -2.24. The maximum Gasteiger partial charge on any atom is 0.261 e. The van der Waals surface area contributed by atoms with Crippen molar-refractivity contribution in [2.45, 2.75) is 13.0 Å². The minimum absolute atomic E-state index is 0.0498. The summed E-state index contributed by atoms with van der Waals surface area (Å²) in [6, 6.07) is 29.1. The fraction of sp³-hybridized carbons (Fsp3) is 0.111. The molecule has 0 bridgehead atoms. The molecule has 0 unspecified atom stereocenters. The van der Waals surface area contributed by atoms with Crippen LogP contribution in [-0.4, -0.2) is 16.2 Å². The molecule has 0 fully saturated rings. The van der Waals surface area contributed by atoms with Gasteiger partial charge in [-0.3, -0.25) is 9.36 Å². The van der Waals surface area contributed by atoms with Crippen molar-refractivity contribution in [2.75, 3.05) is 6.61 Å². The molecule has 4 nitrogen and oxygen atoms in total. The summed E-state index contributed by atoms with van der Waals surface area (Å²) in [7, 11) is 0. The monoisotopic (exact) mass is 440 g/mol. The molecular formula is C27H21ClN2O2. The zero-order chi connectivity index (χ0) is 21.9. The van der Waals surface area contributed by atoms with Crippen molar-refractivity contribution in [3.8, 4) is 17.1 Å². The van der Waals surface area contributed by atoms with E-state index < -0.39 is 0 Å². The normalized spacial score (nSPS) is 11.2. The van der Waals surface area contributed by atoms with E-state index in [1.165, 1.54) is 5.39 Å². The summed E-state index contributed by atoms with van der Waals surface area (Å²) in [5.74, 6) is 1.46. The third kappa shape index (κ3) is 4.10. The van der Waals surface area contributed by atoms with Crippen molar-refractivity contribution in [1.29, 1.82) is 0 Å². The number of hydrogen-bond donors (Lipinski definition) is 0. The van der Waals surface area contributed by atoms with Crippen LogP contribution in [0.25, 0.3) is 33.1 Å². The molecule has 158 valence electrons. The van der Waals surface area contributed by atoms with Gasteiger partial charge >= 0.3 is 0 Å². The Bertz CT molecular complexity index is 1460. The number of benzene rings is 4. The van der Waals surface area contributed by atoms with Crippen LogP contribution in [0.1, 0.15) is 6.42 Å². The molecular weight excluding hydrogens is 420 g/mol. The quantitative estimate of drug-likeness (QED) is 0.289. The number of para-hydroxylation sites is 1. The second-order valence-corrected chi connectivity index (χ2v) is 8.06. The molecule has 32 heavy (non-hydrogen) atoms. The molecule has 0 aliphatic carbocycles. The van der Waals surface area contributed by atoms with Crippen LogP contribution in [0.2, 0.25) is 5.02 Å². The Morgan fingerprint density at radius 3 is 2.44 bits per heavy atom. The summed E-state index contributed by atoms with van der Waals surface area (Å²) in [4.78, 5) is 18.0. The Morgan fingerprint density at radius 1 is 0.844 bits per heavy atom. The summed E-state index contributed by atoms with van der Waals surface area (Å²) < 4.78 is 7.70. The van der Waals surface area contributed by atoms with Gasteiger partial charge in [0.25, 0.3) is 5.56 Å². The molecule has 0 saturated carbocycles. The van der Waals surface area contributed by atoms with E-state index in [1.54, 1.807) is 4.57 Å². The van der Waals surface area contributed by atoms with E-state index in [4.69, 9.17) is 21.3 Å². The number of aromatic nitrogens is 2. The van der Waals surface area contributed by atoms with Crippen LogP contribution in [0.15, 0.2) is 95.8 Å². The minimum Gasteiger partial charge on any atom is -0.494 e. The second-order valence-electron chi connectivity index (χ2n) is 7.63. The predicted octanol–water partition coefficient (Wildman–Crippen LogP) is 6.34. The van der Waals surface area contributed by atoms with Crippen LogP contribution >= 0.6 is 11.6 Å². The molecule has 0 aliphatic heterocycles. The highest BCUT2D eigenvalue weighted by atomic mass is 35.5. The van der Waals surface area contributed by atoms with E-state index in [9.17, 15) is 4.79 Å². The molecule has 5 rings (SSSR count). The summed E-state index contributed by atoms with van der Waals surface area (Å²) >= 11 is 6.06. The van der Waals surface area contributed by atoms with Crippen molar-refractivity contribution >= 4 is 33.3 Å². The Labute approximate surface area is 190 Å². The summed E-state index contributed by atoms with van der Waals surface area (Å²) in [6.45, 7) is 1.000. The van der Waals surface area contributed by atoms with Crippen LogP contribution in [0.3, 0.4) is 0 Å². The van der Waals surface area contributed by atoms with Crippen molar-refractivity contribution < 1.29 is 4.74 Å². The second kappa shape index (κ2) is 8.85. The SMILES string of the molecule is O=c1c2ccccc2nc(-c2ccc(Cl)cc2)n1CCCOc1ccc2ccccc2c1. The Morgan fingerprint density at radius 2 is 1.59 bits per heavy atom. The number of fused-ring (bicyclic) bond motifs is 2. The van der Waals surface area contributed by atoms with E-state index in [0.717, 1.165) is 16.7 Å². The van der Waals surface area contributed by atoms with Gasteiger partial charge in [-0.15, -0.1) is 0 Å². The summed E-state index contributed by atoms with van der Waals surface area (Å²) in [5, 5.41) is 3.58. The predicted molar refractivity (Wildman–Crippen MR) is 131 cm³/mol.